The molecule has 0 aromatic heterocycles. The van der Waals surface area contributed by atoms with Crippen molar-refractivity contribution in [2.75, 3.05) is 0 Å². The van der Waals surface area contributed by atoms with Gasteiger partial charge in [0.05, 0.1) is 0 Å². The van der Waals surface area contributed by atoms with Crippen molar-refractivity contribution >= 4 is 5.57 Å². The minimum Gasteiger partial charge on any atom is -0.0906 e. The van der Waals surface area contributed by atoms with Crippen molar-refractivity contribution < 1.29 is 0 Å². The van der Waals surface area contributed by atoms with Crippen molar-refractivity contribution in [2.24, 2.45) is 0 Å². The molecule has 92 valence electrons. The number of rotatable bonds is 4. The van der Waals surface area contributed by atoms with Crippen LogP contribution in [0.25, 0.3) is 5.57 Å². The van der Waals surface area contributed by atoms with Crippen LogP contribution in [0.15, 0.2) is 55.1 Å². The minimum atomic E-state index is 1.10. The average molecular weight is 236 g/mol. The van der Waals surface area contributed by atoms with Crippen LogP contribution in [0, 0.1) is 6.92 Å². The van der Waals surface area contributed by atoms with E-state index in [1.807, 2.05) is 0 Å². The predicted molar refractivity (Wildman–Crippen MR) is 79.8 cm³/mol. The van der Waals surface area contributed by atoms with Crippen LogP contribution in [-0.2, 0) is 6.42 Å². The van der Waals surface area contributed by atoms with Gasteiger partial charge in [0.15, 0.2) is 0 Å². The van der Waals surface area contributed by atoms with Crippen LogP contribution in [0.5, 0.6) is 0 Å². The van der Waals surface area contributed by atoms with Gasteiger partial charge in [0, 0.05) is 0 Å². The summed E-state index contributed by atoms with van der Waals surface area (Å²) in [5.74, 6) is 0. The fourth-order valence-electron chi connectivity index (χ4n) is 2.08. The second kappa shape index (κ2) is 5.68. The Hall–Kier alpha value is -1.82. The predicted octanol–water partition coefficient (Wildman–Crippen LogP) is 5.01. The molecule has 0 nitrogen and oxygen atoms in total. The zero-order valence-corrected chi connectivity index (χ0v) is 11.2. The van der Waals surface area contributed by atoms with Crippen molar-refractivity contribution in [1.82, 2.24) is 0 Å². The van der Waals surface area contributed by atoms with Crippen LogP contribution in [0.3, 0.4) is 0 Å². The first-order valence-electron chi connectivity index (χ1n) is 6.56. The monoisotopic (exact) mass is 236 g/mol. The van der Waals surface area contributed by atoms with Crippen molar-refractivity contribution in [1.29, 1.82) is 0 Å². The van der Waals surface area contributed by atoms with E-state index in [4.69, 9.17) is 0 Å². The highest BCUT2D eigenvalue weighted by Gasteiger charge is 2.02. The fraction of sp³-hybridized carbons (Fsp3) is 0.222. The van der Waals surface area contributed by atoms with Gasteiger partial charge in [-0.15, -0.1) is 0 Å². The molecule has 2 aromatic carbocycles. The number of benzene rings is 2. The molecule has 0 heterocycles. The largest absolute Gasteiger partial charge is 0.0906 e. The maximum Gasteiger partial charge on any atom is -0.0183 e. The Labute approximate surface area is 110 Å². The number of aryl methyl sites for hydroxylation is 2. The highest BCUT2D eigenvalue weighted by Crippen LogP contribution is 2.22. The van der Waals surface area contributed by atoms with Gasteiger partial charge in [-0.2, -0.15) is 0 Å². The van der Waals surface area contributed by atoms with Crippen LogP contribution in [0.1, 0.15) is 35.6 Å². The third-order valence-corrected chi connectivity index (χ3v) is 3.24. The maximum absolute atomic E-state index is 4.20. The second-order valence-electron chi connectivity index (χ2n) is 4.79. The summed E-state index contributed by atoms with van der Waals surface area (Å²) in [5.41, 5.74) is 6.18. The zero-order valence-electron chi connectivity index (χ0n) is 11.2. The molecule has 0 aliphatic heterocycles. The van der Waals surface area contributed by atoms with E-state index in [0.29, 0.717) is 0 Å². The van der Waals surface area contributed by atoms with Crippen molar-refractivity contribution in [2.45, 2.75) is 26.7 Å². The van der Waals surface area contributed by atoms with Gasteiger partial charge in [-0.05, 0) is 35.6 Å². The lowest BCUT2D eigenvalue weighted by Gasteiger charge is -2.08. The molecule has 0 N–H and O–H groups in total. The van der Waals surface area contributed by atoms with Crippen LogP contribution in [-0.4, -0.2) is 0 Å². The molecular weight excluding hydrogens is 216 g/mol. The summed E-state index contributed by atoms with van der Waals surface area (Å²) in [5, 5.41) is 0. The van der Waals surface area contributed by atoms with Crippen LogP contribution in [0.2, 0.25) is 0 Å². The molecule has 0 unspecified atom stereocenters. The van der Waals surface area contributed by atoms with E-state index in [9.17, 15) is 0 Å². The summed E-state index contributed by atoms with van der Waals surface area (Å²) >= 11 is 0. The van der Waals surface area contributed by atoms with Gasteiger partial charge in [-0.3, -0.25) is 0 Å². The molecule has 0 aliphatic rings. The Kier molecular flexibility index (Phi) is 3.99. The van der Waals surface area contributed by atoms with E-state index in [1.165, 1.54) is 28.7 Å². The lowest BCUT2D eigenvalue weighted by molar-refractivity contribution is 0.922. The average Bonchev–Trinajstić information content (AvgIpc) is 2.40. The van der Waals surface area contributed by atoms with Crippen LogP contribution >= 0.6 is 0 Å². The summed E-state index contributed by atoms with van der Waals surface area (Å²) in [6.07, 6.45) is 2.34. The lowest BCUT2D eigenvalue weighted by atomic mass is 9.97. The van der Waals surface area contributed by atoms with E-state index in [2.05, 4.69) is 69.0 Å². The topological polar surface area (TPSA) is 0 Å². The van der Waals surface area contributed by atoms with Gasteiger partial charge < -0.3 is 0 Å². The Morgan fingerprint density at radius 1 is 0.889 bits per heavy atom. The Balaban J connectivity index is 2.20. The third kappa shape index (κ3) is 2.89. The van der Waals surface area contributed by atoms with Gasteiger partial charge in [-0.1, -0.05) is 74.0 Å². The highest BCUT2D eigenvalue weighted by atomic mass is 14.1. The van der Waals surface area contributed by atoms with Gasteiger partial charge in [-0.25, -0.2) is 0 Å². The first-order chi connectivity index (χ1) is 8.70. The quantitative estimate of drug-likeness (QED) is 0.700. The maximum atomic E-state index is 4.20. The minimum absolute atomic E-state index is 1.10. The van der Waals surface area contributed by atoms with E-state index in [0.717, 1.165) is 12.0 Å². The van der Waals surface area contributed by atoms with Crippen molar-refractivity contribution in [3.8, 4) is 0 Å². The lowest BCUT2D eigenvalue weighted by Crippen LogP contribution is -1.88. The molecule has 0 amide bonds. The van der Waals surface area contributed by atoms with Gasteiger partial charge in [0.25, 0.3) is 0 Å². The summed E-state index contributed by atoms with van der Waals surface area (Å²) in [7, 11) is 0. The molecule has 2 rings (SSSR count). The second-order valence-corrected chi connectivity index (χ2v) is 4.79. The summed E-state index contributed by atoms with van der Waals surface area (Å²) in [4.78, 5) is 0. The summed E-state index contributed by atoms with van der Waals surface area (Å²) in [6.45, 7) is 8.51. The van der Waals surface area contributed by atoms with E-state index in [1.54, 1.807) is 0 Å². The highest BCUT2D eigenvalue weighted by molar-refractivity contribution is 5.78. The Bertz CT molecular complexity index is 515. The molecule has 0 spiro atoms. The molecule has 0 saturated heterocycles. The molecule has 0 heteroatoms. The first kappa shape index (κ1) is 12.6. The molecule has 0 atom stereocenters. The van der Waals surface area contributed by atoms with Gasteiger partial charge >= 0.3 is 0 Å². The summed E-state index contributed by atoms with van der Waals surface area (Å²) < 4.78 is 0. The van der Waals surface area contributed by atoms with Crippen LogP contribution < -0.4 is 0 Å². The molecule has 0 aliphatic carbocycles. The van der Waals surface area contributed by atoms with Gasteiger partial charge in [0.2, 0.25) is 0 Å². The normalized spacial score (nSPS) is 10.3. The Morgan fingerprint density at radius 3 is 1.89 bits per heavy atom. The molecule has 18 heavy (non-hydrogen) atoms. The van der Waals surface area contributed by atoms with E-state index < -0.39 is 0 Å². The molecule has 0 fully saturated rings. The van der Waals surface area contributed by atoms with E-state index >= 15 is 0 Å². The number of hydrogen-bond donors (Lipinski definition) is 0. The molecule has 0 radical (unpaired) electrons. The smallest absolute Gasteiger partial charge is 0.0183 e. The summed E-state index contributed by atoms with van der Waals surface area (Å²) in [6, 6.07) is 17.3. The van der Waals surface area contributed by atoms with Crippen molar-refractivity contribution in [3.63, 3.8) is 0 Å². The Morgan fingerprint density at radius 2 is 1.39 bits per heavy atom. The van der Waals surface area contributed by atoms with Crippen molar-refractivity contribution in [3.05, 3.63) is 77.4 Å². The fourth-order valence-corrected chi connectivity index (χ4v) is 2.08. The number of hydrogen-bond acceptors (Lipinski definition) is 0. The van der Waals surface area contributed by atoms with E-state index in [-0.39, 0.29) is 0 Å². The zero-order chi connectivity index (χ0) is 13.0. The third-order valence-electron chi connectivity index (χ3n) is 3.24. The SMILES string of the molecule is C=C(c1ccc(C)cc1)c1ccc(CCC)cc1. The molecule has 0 saturated carbocycles. The van der Waals surface area contributed by atoms with Gasteiger partial charge in [0.1, 0.15) is 0 Å². The first-order valence-corrected chi connectivity index (χ1v) is 6.56. The van der Waals surface area contributed by atoms with Crippen LogP contribution in [0.4, 0.5) is 0 Å². The standard InChI is InChI=1S/C18H20/c1-4-5-16-8-12-18(13-9-16)15(3)17-10-6-14(2)7-11-17/h6-13H,3-5H2,1-2H3. The molecule has 0 bridgehead atoms. The molecule has 2 aromatic rings. The molecular formula is C18H20.